The lowest BCUT2D eigenvalue weighted by atomic mass is 9.72. The summed E-state index contributed by atoms with van der Waals surface area (Å²) in [7, 11) is 1.29. The average molecular weight is 588 g/mol. The molecule has 0 saturated carbocycles. The molecule has 2 amide bonds. The predicted molar refractivity (Wildman–Crippen MR) is 152 cm³/mol. The van der Waals surface area contributed by atoms with Crippen LogP contribution in [0.4, 0.5) is 5.69 Å². The van der Waals surface area contributed by atoms with Crippen LogP contribution < -0.4 is 26.0 Å². The molecular formula is C31H33N5O7. The van der Waals surface area contributed by atoms with Crippen molar-refractivity contribution in [1.29, 1.82) is 0 Å². The monoisotopic (exact) mass is 587 g/mol. The van der Waals surface area contributed by atoms with E-state index in [4.69, 9.17) is 13.9 Å². The van der Waals surface area contributed by atoms with Crippen LogP contribution >= 0.6 is 0 Å². The molecule has 1 saturated heterocycles. The molecule has 1 fully saturated rings. The third kappa shape index (κ3) is 4.19. The third-order valence-corrected chi connectivity index (χ3v) is 8.85. The molecule has 224 valence electrons. The quantitative estimate of drug-likeness (QED) is 0.283. The van der Waals surface area contributed by atoms with E-state index in [1.807, 2.05) is 56.3 Å². The number of nitrogens with one attached hydrogen (secondary N) is 4. The minimum Gasteiger partial charge on any atom is -0.469 e. The fourth-order valence-corrected chi connectivity index (χ4v) is 6.73. The number of nitrogens with zero attached hydrogens (tertiary/aromatic N) is 1. The highest BCUT2D eigenvalue weighted by Gasteiger charge is 2.61. The van der Waals surface area contributed by atoms with Gasteiger partial charge in [-0.05, 0) is 35.6 Å². The fraction of sp³-hybridized carbons (Fsp3) is 0.419. The number of aromatic nitrogens is 1. The maximum absolute atomic E-state index is 13.8. The normalized spacial score (nSPS) is 28.5. The van der Waals surface area contributed by atoms with E-state index in [1.54, 1.807) is 0 Å². The second kappa shape index (κ2) is 10.1. The number of para-hydroxylation sites is 1. The number of amides is 2. The summed E-state index contributed by atoms with van der Waals surface area (Å²) in [6, 6.07) is 11.1. The lowest BCUT2D eigenvalue weighted by molar-refractivity contribution is -0.130. The summed E-state index contributed by atoms with van der Waals surface area (Å²) in [4.78, 5) is 45.0. The van der Waals surface area contributed by atoms with Crippen molar-refractivity contribution in [2.75, 3.05) is 19.0 Å². The average Bonchev–Trinajstić information content (AvgIpc) is 3.75. The predicted octanol–water partition coefficient (Wildman–Crippen LogP) is 1.52. The van der Waals surface area contributed by atoms with Crippen molar-refractivity contribution in [3.63, 3.8) is 0 Å². The summed E-state index contributed by atoms with van der Waals surface area (Å²) in [6.07, 6.45) is -0.823. The van der Waals surface area contributed by atoms with Crippen LogP contribution in [0, 0.1) is 5.92 Å². The van der Waals surface area contributed by atoms with Crippen molar-refractivity contribution >= 4 is 23.5 Å². The van der Waals surface area contributed by atoms with Gasteiger partial charge < -0.3 is 40.3 Å². The summed E-state index contributed by atoms with van der Waals surface area (Å²) in [6.45, 7) is 4.12. The van der Waals surface area contributed by atoms with Crippen LogP contribution in [0.15, 0.2) is 46.9 Å². The first-order valence-corrected chi connectivity index (χ1v) is 14.5. The molecule has 1 spiro atoms. The summed E-state index contributed by atoms with van der Waals surface area (Å²) >= 11 is 0. The van der Waals surface area contributed by atoms with Crippen molar-refractivity contribution in [2.45, 2.75) is 62.6 Å². The number of fused-ring (bicyclic) bond motifs is 4. The van der Waals surface area contributed by atoms with Gasteiger partial charge in [-0.2, -0.15) is 0 Å². The van der Waals surface area contributed by atoms with Crippen molar-refractivity contribution < 1.29 is 33.4 Å². The number of carbonyl (C=O) groups is 3. The van der Waals surface area contributed by atoms with E-state index in [2.05, 4.69) is 26.3 Å². The topological polar surface area (TPSA) is 164 Å². The van der Waals surface area contributed by atoms with Gasteiger partial charge in [0.15, 0.2) is 17.7 Å². The maximum atomic E-state index is 13.8. The van der Waals surface area contributed by atoms with Crippen LogP contribution in [0.2, 0.25) is 0 Å². The second-order valence-corrected chi connectivity index (χ2v) is 11.9. The van der Waals surface area contributed by atoms with Crippen molar-refractivity contribution in [1.82, 2.24) is 20.9 Å². The van der Waals surface area contributed by atoms with Gasteiger partial charge >= 0.3 is 5.97 Å². The van der Waals surface area contributed by atoms with Gasteiger partial charge in [-0.25, -0.2) is 9.78 Å². The molecule has 2 unspecified atom stereocenters. The Morgan fingerprint density at radius 3 is 2.72 bits per heavy atom. The first-order valence-electron chi connectivity index (χ1n) is 14.5. The Hall–Kier alpha value is -4.42. The Balaban J connectivity index is 1.42. The molecule has 3 aromatic rings. The Kier molecular flexibility index (Phi) is 6.44. The zero-order valence-electron chi connectivity index (χ0n) is 24.0. The second-order valence-electron chi connectivity index (χ2n) is 11.9. The molecule has 4 aliphatic heterocycles. The fourth-order valence-electron chi connectivity index (χ4n) is 6.73. The Labute approximate surface area is 247 Å². The molecule has 4 bridgehead atoms. The van der Waals surface area contributed by atoms with Crippen molar-refractivity contribution in [2.24, 2.45) is 5.92 Å². The van der Waals surface area contributed by atoms with E-state index in [-0.39, 0.29) is 42.0 Å². The van der Waals surface area contributed by atoms with Crippen LogP contribution in [0.5, 0.6) is 5.75 Å². The number of ether oxygens (including phenoxy) is 2. The van der Waals surface area contributed by atoms with Crippen LogP contribution in [-0.4, -0.2) is 65.9 Å². The number of β-amino-alcohol motifs (C(OH)–C–C–N with tert-alkyl or cyclic N) is 1. The van der Waals surface area contributed by atoms with Crippen LogP contribution in [-0.2, 0) is 26.2 Å². The summed E-state index contributed by atoms with van der Waals surface area (Å²) in [5.74, 6) is -0.657. The number of carbonyl (C=O) groups excluding carboxylic acids is 3. The molecule has 5 heterocycles. The van der Waals surface area contributed by atoms with E-state index in [1.165, 1.54) is 7.11 Å². The number of anilines is 1. The smallest absolute Gasteiger partial charge is 0.360 e. The number of methoxy groups -OCH3 is 1. The number of hydrogen-bond acceptors (Lipinski definition) is 10. The molecular weight excluding hydrogens is 554 g/mol. The molecule has 1 aromatic heterocycles. The number of esters is 1. The highest BCUT2D eigenvalue weighted by Crippen LogP contribution is 2.58. The van der Waals surface area contributed by atoms with Gasteiger partial charge in [-0.1, -0.05) is 44.2 Å². The first-order chi connectivity index (χ1) is 20.7. The first kappa shape index (κ1) is 27.4. The molecule has 0 radical (unpaired) electrons. The van der Waals surface area contributed by atoms with E-state index >= 15 is 0 Å². The van der Waals surface area contributed by atoms with Crippen LogP contribution in [0.1, 0.15) is 65.1 Å². The zero-order chi connectivity index (χ0) is 30.0. The molecule has 2 aromatic carbocycles. The number of aliphatic hydroxyl groups is 1. The van der Waals surface area contributed by atoms with Gasteiger partial charge in [0.2, 0.25) is 17.7 Å². The molecule has 12 heteroatoms. The van der Waals surface area contributed by atoms with Gasteiger partial charge in [0.1, 0.15) is 23.2 Å². The van der Waals surface area contributed by atoms with E-state index < -0.39 is 47.7 Å². The molecule has 0 aliphatic carbocycles. The Bertz CT molecular complexity index is 1640. The summed E-state index contributed by atoms with van der Waals surface area (Å²) in [5, 5.41) is 22.3. The van der Waals surface area contributed by atoms with Gasteiger partial charge in [-0.3, -0.25) is 9.59 Å². The lowest BCUT2D eigenvalue weighted by Crippen LogP contribution is -2.53. The van der Waals surface area contributed by atoms with Gasteiger partial charge in [0.25, 0.3) is 0 Å². The van der Waals surface area contributed by atoms with Gasteiger partial charge in [0.05, 0.1) is 19.3 Å². The molecule has 7 rings (SSSR count). The maximum Gasteiger partial charge on any atom is 0.360 e. The minimum absolute atomic E-state index is 0.00211. The summed E-state index contributed by atoms with van der Waals surface area (Å²) < 4.78 is 18.2. The zero-order valence-corrected chi connectivity index (χ0v) is 24.0. The Morgan fingerprint density at radius 2 is 1.98 bits per heavy atom. The number of rotatable bonds is 4. The van der Waals surface area contributed by atoms with E-state index in [0.29, 0.717) is 12.3 Å². The highest BCUT2D eigenvalue weighted by atomic mass is 16.5. The van der Waals surface area contributed by atoms with Gasteiger partial charge in [0, 0.05) is 24.2 Å². The van der Waals surface area contributed by atoms with E-state index in [0.717, 1.165) is 22.4 Å². The van der Waals surface area contributed by atoms with Crippen molar-refractivity contribution in [3.8, 4) is 5.75 Å². The van der Waals surface area contributed by atoms with Crippen molar-refractivity contribution in [3.05, 3.63) is 76.5 Å². The molecule has 12 nitrogen and oxygen atoms in total. The third-order valence-electron chi connectivity index (χ3n) is 8.85. The van der Waals surface area contributed by atoms with Gasteiger partial charge in [-0.15, -0.1) is 0 Å². The molecule has 43 heavy (non-hydrogen) atoms. The van der Waals surface area contributed by atoms with E-state index in [9.17, 15) is 19.5 Å². The standard InChI is InChI=1S/C31H33N5O7/c1-14(2)23-28-36-24(29(40)41-3)25(43-28)31-17-6-4-5-7-19(17)34-30(31)42-22-9-8-15(10-18(22)31)11-21(27(39)35-23)33-26(38)20-12-16(37)13-32-20/h4-10,14,16,20-21,23,30,32,34,37H,11-13H2,1-3H3,(H,33,38)(H,35,39)/t16-,20+,21+,23?,30?,31+/m1/s1. The highest BCUT2D eigenvalue weighted by molar-refractivity contribution is 5.92. The molecule has 4 aliphatic rings. The minimum atomic E-state index is -1.09. The number of hydrogen-bond donors (Lipinski definition) is 5. The number of benzene rings is 2. The SMILES string of the molecule is COC(=O)c1nc2oc1[C@@]13c4ccccc4NC1Oc1ccc(cc13)C[C@H](NC(=O)[C@@H]1C[C@@H](O)CN1)C(=O)NC2C(C)C. The largest absolute Gasteiger partial charge is 0.469 e. The molecule has 6 atom stereocenters. The lowest BCUT2D eigenvalue weighted by Gasteiger charge is -2.29. The molecule has 5 N–H and O–H groups in total. The van der Waals surface area contributed by atoms with Crippen LogP contribution in [0.3, 0.4) is 0 Å². The Morgan fingerprint density at radius 1 is 1.16 bits per heavy atom. The summed E-state index contributed by atoms with van der Waals surface area (Å²) in [5.41, 5.74) is 2.10. The number of aliphatic hydroxyl groups excluding tert-OH is 1. The van der Waals surface area contributed by atoms with Crippen LogP contribution in [0.25, 0.3) is 0 Å². The number of oxazole rings is 1.